The van der Waals surface area contributed by atoms with Crippen molar-refractivity contribution in [2.45, 2.75) is 161 Å². The van der Waals surface area contributed by atoms with E-state index in [1.165, 1.54) is 45.3 Å². The number of ether oxygens (including phenoxy) is 6. The molecule has 6 aromatic rings. The number of aliphatic carboxylic acids is 1. The number of primary amides is 1. The lowest BCUT2D eigenvalue weighted by molar-refractivity contribution is -0.329. The summed E-state index contributed by atoms with van der Waals surface area (Å²) in [5, 5.41) is 122. The van der Waals surface area contributed by atoms with Crippen molar-refractivity contribution >= 4 is 88.1 Å². The summed E-state index contributed by atoms with van der Waals surface area (Å²) in [5.74, 6) is -16.1. The number of thioether (sulfide) groups is 1. The first-order valence-electron chi connectivity index (χ1n) is 33.6. The van der Waals surface area contributed by atoms with E-state index in [9.17, 15) is 69.9 Å². The number of carbonyl (C=O) groups excluding carboxylic acids is 7. The number of nitrogen functional groups attached to an aromatic ring is 1. The Kier molecular flexibility index (Phi) is 23.8. The second-order valence-electron chi connectivity index (χ2n) is 27.1. The summed E-state index contributed by atoms with van der Waals surface area (Å²) >= 11 is 15.2. The van der Waals surface area contributed by atoms with Crippen LogP contribution in [0.1, 0.15) is 105 Å². The lowest BCUT2D eigenvalue weighted by atomic mass is 9.86. The van der Waals surface area contributed by atoms with Gasteiger partial charge in [-0.15, -0.1) is 0 Å². The van der Waals surface area contributed by atoms with Gasteiger partial charge in [-0.2, -0.15) is 0 Å². The number of likely N-dealkylation sites (N-methyl/N-ethyl adjacent to an activating group) is 1. The van der Waals surface area contributed by atoms with Gasteiger partial charge in [-0.3, -0.25) is 33.6 Å². The normalized spacial score (nSPS) is 28.3. The first kappa shape index (κ1) is 79.1. The molecule has 1 aromatic heterocycles. The monoisotopic (exact) mass is 1560 g/mol. The highest BCUT2D eigenvalue weighted by Crippen LogP contribution is 2.50. The number of nitrogens with zero attached hydrogens (tertiary/aromatic N) is 2. The number of amides is 7. The molecule has 38 heteroatoms. The van der Waals surface area contributed by atoms with Crippen LogP contribution in [-0.4, -0.2) is 195 Å². The van der Waals surface area contributed by atoms with Crippen LogP contribution >= 0.6 is 35.0 Å². The number of hydrogen-bond donors (Lipinski definition) is 19. The summed E-state index contributed by atoms with van der Waals surface area (Å²) in [7, 11) is 1.48. The molecule has 13 rings (SSSR count). The molecule has 35 nitrogen and oxygen atoms in total. The number of phenolic OH excluding ortho intramolecular Hbond substituents is 3. The van der Waals surface area contributed by atoms with Crippen LogP contribution in [0.3, 0.4) is 0 Å². The highest BCUT2D eigenvalue weighted by molar-refractivity contribution is 7.99. The Morgan fingerprint density at radius 1 is 0.741 bits per heavy atom. The van der Waals surface area contributed by atoms with E-state index in [1.807, 2.05) is 13.8 Å². The molecule has 0 spiro atoms. The van der Waals surface area contributed by atoms with E-state index >= 15 is 14.4 Å². The second-order valence-corrected chi connectivity index (χ2v) is 28.9. The molecule has 9 unspecified atom stereocenters. The van der Waals surface area contributed by atoms with E-state index in [2.05, 4.69) is 47.2 Å². The number of carbonyl (C=O) groups is 8. The zero-order valence-corrected chi connectivity index (χ0v) is 60.2. The number of hydrogen-bond acceptors (Lipinski definition) is 28. The van der Waals surface area contributed by atoms with Crippen molar-refractivity contribution in [1.82, 2.24) is 47.2 Å². The van der Waals surface area contributed by atoms with Crippen LogP contribution in [0, 0.1) is 5.92 Å². The van der Waals surface area contributed by atoms with E-state index in [1.54, 1.807) is 0 Å². The fourth-order valence-corrected chi connectivity index (χ4v) is 14.4. The topological polar surface area (TPSA) is 562 Å². The Hall–Kier alpha value is -9.93. The standard InChI is InChI=1S/C70H78Cl2N12O23S/c1-25(2)14-36(76-5)61(94)83-52-54(89)28-7-10-40(34(71)16-28)103-42-18-30-19-43(58(42)107-68-59(106-47-23-70(4,75)60(93)26(3)102-47)57(92)56(91)44(105-68)24-108-69-77-13-12-45(73)79-69)104-41-11-8-29(17-35(41)72)55(90)53-66(99)82-51(67(100)101)33-20-31(85)21-39(87)48(33)32-15-27(6-9-38(32)86)49(63(96)84-53)81-64(97)50(30)80-62(95)37(22-46(74)88)78-65(52)98/h6-13,15-21,25-26,36-37,44,47,49-57,59-60,68,76,85-87,89-93H,14,22-24,75H2,1-5H3,(H2,74,88)(H,78,98)(H,80,95)(H,81,97)(H,82,99)(H,83,94)(H,84,96)(H,100,101)(H2,73,77,79)/t26?,36-,37+,44?,47?,49-,50-,51-,52-,53+,54-,55-,56?,57?,59?,60?,68?,70?/m1/s1. The predicted octanol–water partition coefficient (Wildman–Crippen LogP) is 1.28. The third kappa shape index (κ3) is 17.1. The minimum atomic E-state index is -2.35. The van der Waals surface area contributed by atoms with Gasteiger partial charge in [0.25, 0.3) is 0 Å². The van der Waals surface area contributed by atoms with Crippen LogP contribution in [0.15, 0.2) is 96.3 Å². The maximum absolute atomic E-state index is 16.2. The van der Waals surface area contributed by atoms with Gasteiger partial charge >= 0.3 is 5.97 Å². The third-order valence-electron chi connectivity index (χ3n) is 18.6. The number of aliphatic hydroxyl groups excluding tert-OH is 5. The third-order valence-corrected chi connectivity index (χ3v) is 20.2. The largest absolute Gasteiger partial charge is 0.508 e. The van der Waals surface area contributed by atoms with Crippen LogP contribution < -0.4 is 68.6 Å². The molecule has 5 aromatic carbocycles. The number of aliphatic hydroxyl groups is 5. The summed E-state index contributed by atoms with van der Waals surface area (Å²) < 4.78 is 39.5. The molecule has 7 aliphatic heterocycles. The lowest BCUT2D eigenvalue weighted by Gasteiger charge is -2.47. The van der Waals surface area contributed by atoms with Crippen molar-refractivity contribution in [3.63, 3.8) is 0 Å². The molecule has 0 saturated carbocycles. The van der Waals surface area contributed by atoms with Crippen LogP contribution in [-0.2, 0) is 52.6 Å². The molecule has 7 aliphatic rings. The maximum atomic E-state index is 16.2. The Morgan fingerprint density at radius 2 is 1.37 bits per heavy atom. The van der Waals surface area contributed by atoms with Crippen molar-refractivity contribution in [3.05, 3.63) is 129 Å². The van der Waals surface area contributed by atoms with Gasteiger partial charge < -0.3 is 129 Å². The summed E-state index contributed by atoms with van der Waals surface area (Å²) in [6.07, 6.45) is -16.8. The fourth-order valence-electron chi connectivity index (χ4n) is 13.1. The molecule has 8 heterocycles. The van der Waals surface area contributed by atoms with Gasteiger partial charge in [0.1, 0.15) is 89.2 Å². The van der Waals surface area contributed by atoms with E-state index in [4.69, 9.17) is 68.8 Å². The van der Waals surface area contributed by atoms with Gasteiger partial charge in [-0.05, 0) is 116 Å². The number of benzene rings is 5. The molecule has 0 radical (unpaired) electrons. The quantitative estimate of drug-likeness (QED) is 0.0508. The van der Waals surface area contributed by atoms with E-state index < -0.39 is 225 Å². The van der Waals surface area contributed by atoms with Crippen molar-refractivity contribution in [1.29, 1.82) is 0 Å². The number of halogens is 2. The van der Waals surface area contributed by atoms with Crippen LogP contribution in [0.25, 0.3) is 11.1 Å². The van der Waals surface area contributed by atoms with Gasteiger partial charge in [0, 0.05) is 46.7 Å². The number of rotatable bonds is 15. The molecule has 22 N–H and O–H groups in total. The number of nitrogens with one attached hydrogen (secondary N) is 7. The van der Waals surface area contributed by atoms with E-state index in [-0.39, 0.29) is 68.7 Å². The van der Waals surface area contributed by atoms with Crippen LogP contribution in [0.4, 0.5) is 5.82 Å². The zero-order chi connectivity index (χ0) is 78.2. The first-order valence-corrected chi connectivity index (χ1v) is 35.4. The molecule has 108 heavy (non-hydrogen) atoms. The molecule has 7 amide bonds. The van der Waals surface area contributed by atoms with Gasteiger partial charge in [-0.1, -0.05) is 67.0 Å². The number of phenols is 3. The summed E-state index contributed by atoms with van der Waals surface area (Å²) in [6, 6.07) is 0.881. The van der Waals surface area contributed by atoms with E-state index in [0.29, 0.717) is 0 Å². The maximum Gasteiger partial charge on any atom is 0.330 e. The lowest BCUT2D eigenvalue weighted by Crippen LogP contribution is -2.64. The number of aromatic hydroxyl groups is 3. The fraction of sp³-hybridized carbons (Fsp3) is 0.400. The molecular weight excluding hydrogens is 1480 g/mol. The highest BCUT2D eigenvalue weighted by Gasteiger charge is 2.52. The van der Waals surface area contributed by atoms with Crippen molar-refractivity contribution < 1.29 is 113 Å². The first-order chi connectivity index (χ1) is 51.1. The minimum absolute atomic E-state index is 0.0818. The smallest absolute Gasteiger partial charge is 0.330 e. The number of fused-ring (bicyclic) bond motifs is 15. The second kappa shape index (κ2) is 32.5. The number of anilines is 1. The van der Waals surface area contributed by atoms with Gasteiger partial charge in [0.15, 0.2) is 35.1 Å². The van der Waals surface area contributed by atoms with Crippen molar-refractivity contribution in [2.24, 2.45) is 17.4 Å². The molecule has 2 saturated heterocycles. The van der Waals surface area contributed by atoms with Crippen LogP contribution in [0.5, 0.6) is 46.0 Å². The zero-order valence-electron chi connectivity index (χ0n) is 57.9. The van der Waals surface area contributed by atoms with Gasteiger partial charge in [0.05, 0.1) is 40.8 Å². The molecule has 0 aliphatic carbocycles. The molecule has 576 valence electrons. The summed E-state index contributed by atoms with van der Waals surface area (Å²) in [4.78, 5) is 126. The summed E-state index contributed by atoms with van der Waals surface area (Å²) in [5.41, 5.74) is 14.1. The predicted molar refractivity (Wildman–Crippen MR) is 379 cm³/mol. The Balaban J connectivity index is 1.16. The summed E-state index contributed by atoms with van der Waals surface area (Å²) in [6.45, 7) is 6.67. The molecule has 18 atom stereocenters. The highest BCUT2D eigenvalue weighted by atomic mass is 35.5. The van der Waals surface area contributed by atoms with E-state index in [0.717, 1.165) is 78.5 Å². The Morgan fingerprint density at radius 3 is 1.98 bits per heavy atom. The number of aromatic nitrogens is 2. The molecular formula is C70H78Cl2N12O23S. The van der Waals surface area contributed by atoms with Crippen molar-refractivity contribution in [3.8, 4) is 57.1 Å². The average Bonchev–Trinajstić information content (AvgIpc) is 0.767. The Bertz CT molecular complexity index is 4510. The molecule has 11 bridgehead atoms. The molecule has 2 fully saturated rings. The van der Waals surface area contributed by atoms with Crippen molar-refractivity contribution in [2.75, 3.05) is 18.5 Å². The number of carboxylic acids is 1. The SMILES string of the molecule is CN[C@H](CC(C)C)C(=O)N[C@H]1C(=O)N[C@@H](CC(N)=O)C(=O)N[C@H]2C(=O)N[C@H]3C(=O)N[C@H](C(=O)N[C@@H](C(=O)O)c4cc(O)cc(O)c4-c4cc3ccc4O)[C@H](O)c3ccc(c(Cl)c3)Oc3cc2cc(c3OC2OC(CSc3nccc(N)n3)C(O)C(O)C2OC2CC(C)(N)C(O)C(C)O2)Oc2ccc(cc2Cl)[C@H]1O. The number of carboxylic acid groups (broad SMARTS) is 1. The Labute approximate surface area is 628 Å². The minimum Gasteiger partial charge on any atom is -0.508 e. The van der Waals surface area contributed by atoms with Crippen LogP contribution in [0.2, 0.25) is 10.0 Å². The van der Waals surface area contributed by atoms with Gasteiger partial charge in [-0.25, -0.2) is 14.8 Å². The van der Waals surface area contributed by atoms with Gasteiger partial charge in [0.2, 0.25) is 53.4 Å². The number of nitrogens with two attached hydrogens (primary N) is 3. The average molecular weight is 1560 g/mol.